The van der Waals surface area contributed by atoms with Crippen molar-refractivity contribution in [2.75, 3.05) is 11.9 Å². The van der Waals surface area contributed by atoms with Gasteiger partial charge in [-0.2, -0.15) is 0 Å². The van der Waals surface area contributed by atoms with E-state index in [1.807, 2.05) is 16.9 Å². The SMILES string of the molecule is CCCCNc1ncc2c(-c3ccc4[nH]ccc4c3)nc(C3CCC(OC(C)=O)CC3)n2n1. The number of ether oxygens (including phenoxy) is 1. The number of carbonyl (C=O) groups is 1. The van der Waals surface area contributed by atoms with Crippen LogP contribution in [0.25, 0.3) is 27.7 Å². The minimum atomic E-state index is -0.206. The summed E-state index contributed by atoms with van der Waals surface area (Å²) >= 11 is 0. The molecule has 1 aliphatic rings. The monoisotopic (exact) mass is 446 g/mol. The number of hydrogen-bond acceptors (Lipinski definition) is 6. The van der Waals surface area contributed by atoms with Gasteiger partial charge in [-0.3, -0.25) is 4.79 Å². The molecule has 172 valence electrons. The van der Waals surface area contributed by atoms with Gasteiger partial charge < -0.3 is 15.0 Å². The van der Waals surface area contributed by atoms with Gasteiger partial charge in [0.05, 0.1) is 11.9 Å². The van der Waals surface area contributed by atoms with Gasteiger partial charge in [-0.1, -0.05) is 19.4 Å². The second kappa shape index (κ2) is 9.21. The smallest absolute Gasteiger partial charge is 0.302 e. The molecule has 0 saturated heterocycles. The molecule has 33 heavy (non-hydrogen) atoms. The summed E-state index contributed by atoms with van der Waals surface area (Å²) < 4.78 is 7.41. The Hall–Kier alpha value is -3.42. The number of rotatable bonds is 7. The highest BCUT2D eigenvalue weighted by Crippen LogP contribution is 2.36. The zero-order chi connectivity index (χ0) is 22.8. The third-order valence-electron chi connectivity index (χ3n) is 6.43. The van der Waals surface area contributed by atoms with Crippen LogP contribution in [0.3, 0.4) is 0 Å². The summed E-state index contributed by atoms with van der Waals surface area (Å²) in [7, 11) is 0. The number of carbonyl (C=O) groups excluding carboxylic acids is 1. The second-order valence-corrected chi connectivity index (χ2v) is 8.84. The van der Waals surface area contributed by atoms with E-state index in [9.17, 15) is 4.79 Å². The van der Waals surface area contributed by atoms with Gasteiger partial charge in [0, 0.05) is 42.0 Å². The van der Waals surface area contributed by atoms with E-state index in [1.54, 1.807) is 0 Å². The maximum atomic E-state index is 11.4. The number of benzene rings is 1. The average Bonchev–Trinajstić information content (AvgIpc) is 3.43. The van der Waals surface area contributed by atoms with Gasteiger partial charge in [0.25, 0.3) is 0 Å². The number of aromatic nitrogens is 5. The van der Waals surface area contributed by atoms with Crippen LogP contribution in [0.1, 0.15) is 64.1 Å². The Bertz CT molecular complexity index is 1270. The number of imidazole rings is 1. The molecule has 8 nitrogen and oxygen atoms in total. The van der Waals surface area contributed by atoms with E-state index in [2.05, 4.69) is 46.5 Å². The van der Waals surface area contributed by atoms with E-state index < -0.39 is 0 Å². The topological polar surface area (TPSA) is 97.2 Å². The maximum Gasteiger partial charge on any atom is 0.302 e. The lowest BCUT2D eigenvalue weighted by Gasteiger charge is -2.27. The lowest BCUT2D eigenvalue weighted by atomic mass is 9.87. The van der Waals surface area contributed by atoms with E-state index in [1.165, 1.54) is 6.92 Å². The normalized spacial score (nSPS) is 18.6. The number of fused-ring (bicyclic) bond motifs is 2. The zero-order valence-electron chi connectivity index (χ0n) is 19.2. The molecule has 4 aromatic rings. The summed E-state index contributed by atoms with van der Waals surface area (Å²) in [6, 6.07) is 8.40. The van der Waals surface area contributed by atoms with Crippen molar-refractivity contribution in [3.05, 3.63) is 42.5 Å². The van der Waals surface area contributed by atoms with Crippen molar-refractivity contribution in [2.45, 2.75) is 64.4 Å². The molecule has 0 unspecified atom stereocenters. The fourth-order valence-corrected chi connectivity index (χ4v) is 4.72. The summed E-state index contributed by atoms with van der Waals surface area (Å²) in [5, 5.41) is 9.31. The largest absolute Gasteiger partial charge is 0.463 e. The summed E-state index contributed by atoms with van der Waals surface area (Å²) in [6.45, 7) is 4.49. The van der Waals surface area contributed by atoms with Crippen LogP contribution in [0.15, 0.2) is 36.7 Å². The lowest BCUT2D eigenvalue weighted by molar-refractivity contribution is -0.147. The van der Waals surface area contributed by atoms with Crippen LogP contribution in [-0.4, -0.2) is 43.2 Å². The number of hydrogen-bond donors (Lipinski definition) is 2. The molecule has 0 atom stereocenters. The molecule has 8 heteroatoms. The van der Waals surface area contributed by atoms with E-state index in [0.717, 1.165) is 78.6 Å². The van der Waals surface area contributed by atoms with Gasteiger partial charge in [0.15, 0.2) is 0 Å². The molecule has 0 aliphatic heterocycles. The first-order chi connectivity index (χ1) is 16.1. The highest BCUT2D eigenvalue weighted by Gasteiger charge is 2.29. The zero-order valence-corrected chi connectivity index (χ0v) is 19.2. The molecule has 0 spiro atoms. The molecular formula is C25H30N6O2. The maximum absolute atomic E-state index is 11.4. The van der Waals surface area contributed by atoms with Crippen molar-refractivity contribution in [3.63, 3.8) is 0 Å². The Morgan fingerprint density at radius 2 is 2.09 bits per heavy atom. The lowest BCUT2D eigenvalue weighted by Crippen LogP contribution is -2.23. The highest BCUT2D eigenvalue weighted by molar-refractivity contribution is 5.87. The molecule has 5 rings (SSSR count). The predicted octanol–water partition coefficient (Wildman–Crippen LogP) is 5.07. The number of nitrogens with one attached hydrogen (secondary N) is 2. The number of nitrogens with zero attached hydrogens (tertiary/aromatic N) is 4. The Balaban J connectivity index is 1.52. The van der Waals surface area contributed by atoms with Gasteiger partial charge in [0.2, 0.25) is 5.95 Å². The Morgan fingerprint density at radius 1 is 1.24 bits per heavy atom. The molecule has 3 aromatic heterocycles. The van der Waals surface area contributed by atoms with E-state index in [0.29, 0.717) is 5.95 Å². The van der Waals surface area contributed by atoms with E-state index >= 15 is 0 Å². The Kier molecular flexibility index (Phi) is 5.98. The van der Waals surface area contributed by atoms with Crippen LogP contribution in [0.2, 0.25) is 0 Å². The Morgan fingerprint density at radius 3 is 2.88 bits per heavy atom. The number of aromatic amines is 1. The van der Waals surface area contributed by atoms with Crippen LogP contribution in [0, 0.1) is 0 Å². The summed E-state index contributed by atoms with van der Waals surface area (Å²) in [4.78, 5) is 24.3. The van der Waals surface area contributed by atoms with Gasteiger partial charge >= 0.3 is 5.97 Å². The van der Waals surface area contributed by atoms with Gasteiger partial charge in [-0.15, -0.1) is 5.10 Å². The van der Waals surface area contributed by atoms with Crippen LogP contribution in [0.5, 0.6) is 0 Å². The van der Waals surface area contributed by atoms with Crippen molar-refractivity contribution in [3.8, 4) is 11.3 Å². The quantitative estimate of drug-likeness (QED) is 0.304. The number of anilines is 1. The van der Waals surface area contributed by atoms with E-state index in [-0.39, 0.29) is 18.0 Å². The minimum absolute atomic E-state index is 0.00124. The molecule has 1 aliphatic carbocycles. The van der Waals surface area contributed by atoms with E-state index in [4.69, 9.17) is 14.8 Å². The van der Waals surface area contributed by atoms with Crippen LogP contribution >= 0.6 is 0 Å². The van der Waals surface area contributed by atoms with Crippen molar-refractivity contribution in [1.29, 1.82) is 0 Å². The van der Waals surface area contributed by atoms with Gasteiger partial charge in [-0.05, 0) is 50.3 Å². The molecule has 0 radical (unpaired) electrons. The molecular weight excluding hydrogens is 416 g/mol. The first-order valence-corrected chi connectivity index (χ1v) is 11.9. The third kappa shape index (κ3) is 4.42. The number of esters is 1. The summed E-state index contributed by atoms with van der Waals surface area (Å²) in [5.41, 5.74) is 3.96. The van der Waals surface area contributed by atoms with Crippen LogP contribution in [-0.2, 0) is 9.53 Å². The molecule has 1 aromatic carbocycles. The van der Waals surface area contributed by atoms with Crippen molar-refractivity contribution in [2.24, 2.45) is 0 Å². The second-order valence-electron chi connectivity index (χ2n) is 8.84. The van der Waals surface area contributed by atoms with Crippen molar-refractivity contribution in [1.82, 2.24) is 24.6 Å². The molecule has 0 bridgehead atoms. The summed E-state index contributed by atoms with van der Waals surface area (Å²) in [6.07, 6.45) is 9.52. The van der Waals surface area contributed by atoms with Crippen molar-refractivity contribution < 1.29 is 9.53 Å². The molecule has 1 saturated carbocycles. The van der Waals surface area contributed by atoms with Crippen LogP contribution in [0.4, 0.5) is 5.95 Å². The van der Waals surface area contributed by atoms with Gasteiger partial charge in [-0.25, -0.2) is 14.5 Å². The summed E-state index contributed by atoms with van der Waals surface area (Å²) in [5.74, 6) is 1.63. The molecule has 0 amide bonds. The average molecular weight is 447 g/mol. The fourth-order valence-electron chi connectivity index (χ4n) is 4.72. The molecule has 1 fully saturated rings. The Labute approximate surface area is 192 Å². The molecule has 2 N–H and O–H groups in total. The predicted molar refractivity (Wildman–Crippen MR) is 128 cm³/mol. The van der Waals surface area contributed by atoms with Crippen LogP contribution < -0.4 is 5.32 Å². The minimum Gasteiger partial charge on any atom is -0.463 e. The standard InChI is InChI=1S/C25H30N6O2/c1-3-4-12-27-25-28-15-22-23(19-7-10-21-18(14-19)11-13-26-21)29-24(31(22)30-25)17-5-8-20(9-6-17)33-16(2)32/h7,10-11,13-15,17,20,26H,3-6,8-9,12H2,1-2H3,(H,27,30). The van der Waals surface area contributed by atoms with Crippen molar-refractivity contribution >= 4 is 28.3 Å². The number of unbranched alkanes of at least 4 members (excludes halogenated alkanes) is 1. The fraction of sp³-hybridized carbons (Fsp3) is 0.440. The number of H-pyrrole nitrogens is 1. The van der Waals surface area contributed by atoms with Gasteiger partial charge in [0.1, 0.15) is 17.4 Å². The highest BCUT2D eigenvalue weighted by atomic mass is 16.5. The first kappa shape index (κ1) is 21.4. The first-order valence-electron chi connectivity index (χ1n) is 11.9. The molecule has 3 heterocycles. The third-order valence-corrected chi connectivity index (χ3v) is 6.43.